The van der Waals surface area contributed by atoms with E-state index in [0.29, 0.717) is 11.5 Å². The van der Waals surface area contributed by atoms with Gasteiger partial charge in [-0.15, -0.1) is 0 Å². The molecule has 3 rings (SSSR count). The average molecular weight is 471 g/mol. The second kappa shape index (κ2) is 11.0. The lowest BCUT2D eigenvalue weighted by Gasteiger charge is -2.11. The van der Waals surface area contributed by atoms with Crippen molar-refractivity contribution < 1.29 is 23.8 Å². The minimum atomic E-state index is -0.656. The fraction of sp³-hybridized carbons (Fsp3) is 0.182. The first-order valence-electron chi connectivity index (χ1n) is 9.66. The Morgan fingerprint density at radius 3 is 2.48 bits per heavy atom. The van der Waals surface area contributed by atoms with Crippen LogP contribution in [-0.2, 0) is 16.1 Å². The van der Waals surface area contributed by atoms with Crippen LogP contribution in [0.25, 0.3) is 0 Å². The Morgan fingerprint density at radius 2 is 1.82 bits per heavy atom. The van der Waals surface area contributed by atoms with E-state index in [0.717, 1.165) is 17.3 Å². The Balaban J connectivity index is 1.62. The number of thioether (sulfide) groups is 1. The molecule has 0 unspecified atom stereocenters. The molecule has 10 nitrogen and oxygen atoms in total. The third kappa shape index (κ3) is 6.26. The van der Waals surface area contributed by atoms with E-state index < -0.39 is 17.4 Å². The molecule has 0 spiro atoms. The highest BCUT2D eigenvalue weighted by Crippen LogP contribution is 2.28. The predicted octanol–water partition coefficient (Wildman–Crippen LogP) is 2.46. The van der Waals surface area contributed by atoms with Crippen molar-refractivity contribution in [3.05, 3.63) is 70.0 Å². The van der Waals surface area contributed by atoms with Crippen molar-refractivity contribution in [3.8, 4) is 11.5 Å². The van der Waals surface area contributed by atoms with Gasteiger partial charge in [0.2, 0.25) is 0 Å². The van der Waals surface area contributed by atoms with Gasteiger partial charge in [0.1, 0.15) is 12.3 Å². The van der Waals surface area contributed by atoms with Gasteiger partial charge in [-0.3, -0.25) is 19.4 Å². The Labute approximate surface area is 193 Å². The molecule has 0 radical (unpaired) electrons. The number of anilines is 2. The topological polar surface area (TPSA) is 146 Å². The molecule has 11 heteroatoms. The molecular formula is C22H22N4O6S. The van der Waals surface area contributed by atoms with Gasteiger partial charge in [-0.1, -0.05) is 42.1 Å². The maximum Gasteiger partial charge on any atom is 0.316 e. The first kappa shape index (κ1) is 23.7. The zero-order chi connectivity index (χ0) is 23.8. The molecule has 0 fully saturated rings. The Hall–Kier alpha value is -3.99. The summed E-state index contributed by atoms with van der Waals surface area (Å²) in [6, 6.07) is 13.8. The van der Waals surface area contributed by atoms with E-state index in [-0.39, 0.29) is 34.6 Å². The molecule has 0 aliphatic carbocycles. The van der Waals surface area contributed by atoms with Gasteiger partial charge in [0.05, 0.1) is 20.0 Å². The molecule has 1 amide bonds. The summed E-state index contributed by atoms with van der Waals surface area (Å²) in [6.07, 6.45) is 0. The number of hydrogen-bond donors (Lipinski definition) is 3. The number of hydrogen-bond acceptors (Lipinski definition) is 9. The van der Waals surface area contributed by atoms with E-state index in [1.807, 2.05) is 30.3 Å². The van der Waals surface area contributed by atoms with Crippen molar-refractivity contribution in [3.63, 3.8) is 0 Å². The molecule has 1 aromatic heterocycles. The molecule has 0 atom stereocenters. The molecule has 172 valence electrons. The summed E-state index contributed by atoms with van der Waals surface area (Å²) in [5.41, 5.74) is 6.10. The third-order valence-corrected chi connectivity index (χ3v) is 5.23. The van der Waals surface area contributed by atoms with Gasteiger partial charge < -0.3 is 25.3 Å². The molecule has 4 N–H and O–H groups in total. The number of ether oxygens (including phenoxy) is 3. The summed E-state index contributed by atoms with van der Waals surface area (Å²) in [5.74, 6) is -0.511. The Kier molecular flexibility index (Phi) is 7.92. The number of aromatic nitrogens is 2. The summed E-state index contributed by atoms with van der Waals surface area (Å²) in [6.45, 7) is 0.146. The summed E-state index contributed by atoms with van der Waals surface area (Å²) in [5, 5.41) is 2.57. The summed E-state index contributed by atoms with van der Waals surface area (Å²) >= 11 is 0.961. The molecule has 33 heavy (non-hydrogen) atoms. The highest BCUT2D eigenvalue weighted by Gasteiger charge is 2.16. The zero-order valence-electron chi connectivity index (χ0n) is 17.9. The number of esters is 1. The number of rotatable bonds is 9. The van der Waals surface area contributed by atoms with E-state index in [4.69, 9.17) is 19.9 Å². The largest absolute Gasteiger partial charge is 0.493 e. The van der Waals surface area contributed by atoms with Crippen molar-refractivity contribution >= 4 is 35.1 Å². The highest BCUT2D eigenvalue weighted by molar-refractivity contribution is 7.99. The van der Waals surface area contributed by atoms with Crippen LogP contribution in [0.5, 0.6) is 11.5 Å². The monoisotopic (exact) mass is 470 g/mol. The third-order valence-electron chi connectivity index (χ3n) is 4.38. The van der Waals surface area contributed by atoms with Gasteiger partial charge in [-0.25, -0.2) is 4.98 Å². The molecule has 1 heterocycles. The number of nitrogens with one attached hydrogen (secondary N) is 2. The number of carbonyl (C=O) groups is 2. The van der Waals surface area contributed by atoms with Gasteiger partial charge in [-0.2, -0.15) is 0 Å². The molecule has 0 saturated carbocycles. The normalized spacial score (nSPS) is 10.4. The molecular weight excluding hydrogens is 448 g/mol. The minimum absolute atomic E-state index is 0.0768. The van der Waals surface area contributed by atoms with Crippen LogP contribution in [0.3, 0.4) is 0 Å². The van der Waals surface area contributed by atoms with Gasteiger partial charge in [0.15, 0.2) is 22.5 Å². The van der Waals surface area contributed by atoms with E-state index in [2.05, 4.69) is 15.3 Å². The molecule has 0 bridgehead atoms. The first-order valence-corrected chi connectivity index (χ1v) is 10.7. The quantitative estimate of drug-likeness (QED) is 0.244. The number of nitrogens with two attached hydrogens (primary N) is 1. The van der Waals surface area contributed by atoms with Crippen LogP contribution >= 0.6 is 11.8 Å². The Morgan fingerprint density at radius 1 is 1.09 bits per heavy atom. The summed E-state index contributed by atoms with van der Waals surface area (Å²) < 4.78 is 15.5. The van der Waals surface area contributed by atoms with Crippen LogP contribution in [-0.4, -0.2) is 41.8 Å². The lowest BCUT2D eigenvalue weighted by molar-refractivity contribution is -0.141. The standard InChI is InChI=1S/C22H22N4O6S/c1-30-15-9-8-14(10-16(15)31-2)20(28)24-18-19(23)25-22(26-21(18)29)33-12-17(27)32-11-13-6-4-3-5-7-13/h3-10H,11-12H2,1-2H3,(H,24,28)(H3,23,25,26,29). The van der Waals surface area contributed by atoms with Crippen molar-refractivity contribution in [2.24, 2.45) is 0 Å². The van der Waals surface area contributed by atoms with Crippen LogP contribution in [0, 0.1) is 0 Å². The van der Waals surface area contributed by atoms with Crippen LogP contribution in [0.2, 0.25) is 0 Å². The maximum absolute atomic E-state index is 12.6. The second-order valence-electron chi connectivity index (χ2n) is 6.59. The number of nitrogens with zero attached hydrogens (tertiary/aromatic N) is 1. The number of nitrogen functional groups attached to an aromatic ring is 1. The van der Waals surface area contributed by atoms with Gasteiger partial charge in [-0.05, 0) is 23.8 Å². The van der Waals surface area contributed by atoms with Gasteiger partial charge in [0.25, 0.3) is 11.5 Å². The van der Waals surface area contributed by atoms with Crippen LogP contribution < -0.4 is 26.1 Å². The van der Waals surface area contributed by atoms with E-state index >= 15 is 0 Å². The van der Waals surface area contributed by atoms with E-state index in [1.54, 1.807) is 6.07 Å². The van der Waals surface area contributed by atoms with Crippen molar-refractivity contribution in [2.75, 3.05) is 31.0 Å². The number of H-pyrrole nitrogens is 1. The first-order chi connectivity index (χ1) is 15.9. The van der Waals surface area contributed by atoms with Crippen LogP contribution in [0.15, 0.2) is 58.5 Å². The SMILES string of the molecule is COc1ccc(C(=O)Nc2c(N)nc(SCC(=O)OCc3ccccc3)[nH]c2=O)cc1OC. The fourth-order valence-electron chi connectivity index (χ4n) is 2.73. The number of benzene rings is 2. The molecule has 3 aromatic rings. The fourth-order valence-corrected chi connectivity index (χ4v) is 3.39. The highest BCUT2D eigenvalue weighted by atomic mass is 32.2. The van der Waals surface area contributed by atoms with Crippen LogP contribution in [0.1, 0.15) is 15.9 Å². The lowest BCUT2D eigenvalue weighted by Crippen LogP contribution is -2.23. The van der Waals surface area contributed by atoms with E-state index in [9.17, 15) is 14.4 Å². The smallest absolute Gasteiger partial charge is 0.316 e. The number of aromatic amines is 1. The maximum atomic E-state index is 12.6. The lowest BCUT2D eigenvalue weighted by atomic mass is 10.2. The number of amides is 1. The van der Waals surface area contributed by atoms with Crippen molar-refractivity contribution in [1.29, 1.82) is 0 Å². The average Bonchev–Trinajstić information content (AvgIpc) is 2.83. The summed E-state index contributed by atoms with van der Waals surface area (Å²) in [4.78, 5) is 43.5. The minimum Gasteiger partial charge on any atom is -0.493 e. The van der Waals surface area contributed by atoms with Crippen LogP contribution in [0.4, 0.5) is 11.5 Å². The van der Waals surface area contributed by atoms with E-state index in [1.165, 1.54) is 26.4 Å². The summed E-state index contributed by atoms with van der Waals surface area (Å²) in [7, 11) is 2.92. The van der Waals surface area contributed by atoms with Crippen molar-refractivity contribution in [2.45, 2.75) is 11.8 Å². The second-order valence-corrected chi connectivity index (χ2v) is 7.55. The molecule has 0 aliphatic heterocycles. The Bertz CT molecular complexity index is 1200. The van der Waals surface area contributed by atoms with Crippen molar-refractivity contribution in [1.82, 2.24) is 9.97 Å². The molecule has 2 aromatic carbocycles. The number of carbonyl (C=O) groups excluding carboxylic acids is 2. The van der Waals surface area contributed by atoms with Gasteiger partial charge in [0, 0.05) is 5.56 Å². The predicted molar refractivity (Wildman–Crippen MR) is 124 cm³/mol. The molecule has 0 aliphatic rings. The number of methoxy groups -OCH3 is 2. The zero-order valence-corrected chi connectivity index (χ0v) is 18.7. The van der Waals surface area contributed by atoms with Gasteiger partial charge >= 0.3 is 5.97 Å². The molecule has 0 saturated heterocycles.